The summed E-state index contributed by atoms with van der Waals surface area (Å²) in [6.45, 7) is 3.48. The lowest BCUT2D eigenvalue weighted by Gasteiger charge is -2.10. The largest absolute Gasteiger partial charge is 0.360 e. The van der Waals surface area contributed by atoms with E-state index >= 15 is 0 Å². The summed E-state index contributed by atoms with van der Waals surface area (Å²) in [7, 11) is 0. The van der Waals surface area contributed by atoms with Gasteiger partial charge in [0.05, 0.1) is 11.0 Å². The first-order valence-corrected chi connectivity index (χ1v) is 7.80. The summed E-state index contributed by atoms with van der Waals surface area (Å²) >= 11 is 1.26. The summed E-state index contributed by atoms with van der Waals surface area (Å²) in [5.41, 5.74) is 0.739. The van der Waals surface area contributed by atoms with Crippen molar-refractivity contribution < 1.29 is 14.1 Å². The van der Waals surface area contributed by atoms with Crippen LogP contribution in [0.15, 0.2) is 40.9 Å². The number of nitrogens with zero attached hydrogens (tertiary/aromatic N) is 1. The van der Waals surface area contributed by atoms with E-state index in [1.54, 1.807) is 19.9 Å². The van der Waals surface area contributed by atoms with Gasteiger partial charge < -0.3 is 15.2 Å². The zero-order valence-corrected chi connectivity index (χ0v) is 13.1. The minimum atomic E-state index is -0.376. The van der Waals surface area contributed by atoms with Crippen LogP contribution in [0.25, 0.3) is 0 Å². The van der Waals surface area contributed by atoms with Gasteiger partial charge in [-0.25, -0.2) is 0 Å². The van der Waals surface area contributed by atoms with E-state index in [4.69, 9.17) is 4.52 Å². The van der Waals surface area contributed by atoms with Crippen molar-refractivity contribution in [2.75, 3.05) is 16.4 Å². The van der Waals surface area contributed by atoms with Crippen LogP contribution in [-0.4, -0.2) is 28.0 Å². The minimum Gasteiger partial charge on any atom is -0.360 e. The van der Waals surface area contributed by atoms with Gasteiger partial charge in [0.15, 0.2) is 5.82 Å². The van der Waals surface area contributed by atoms with Gasteiger partial charge in [0.1, 0.15) is 5.76 Å². The fourth-order valence-corrected chi connectivity index (χ4v) is 2.33. The van der Waals surface area contributed by atoms with Gasteiger partial charge in [0.2, 0.25) is 11.8 Å². The Morgan fingerprint density at radius 1 is 1.27 bits per heavy atom. The van der Waals surface area contributed by atoms with Gasteiger partial charge >= 0.3 is 0 Å². The second-order valence-electron chi connectivity index (χ2n) is 4.68. The summed E-state index contributed by atoms with van der Waals surface area (Å²) in [4.78, 5) is 23.8. The van der Waals surface area contributed by atoms with Crippen LogP contribution in [0.4, 0.5) is 11.5 Å². The number of nitrogens with one attached hydrogen (secondary N) is 2. The molecular weight excluding hydrogens is 302 g/mol. The third-order valence-corrected chi connectivity index (χ3v) is 3.91. The smallest absolute Gasteiger partial charge is 0.238 e. The van der Waals surface area contributed by atoms with Crippen LogP contribution < -0.4 is 10.6 Å². The first kappa shape index (κ1) is 16.1. The van der Waals surface area contributed by atoms with Crippen LogP contribution in [0, 0.1) is 6.92 Å². The molecule has 0 aliphatic rings. The van der Waals surface area contributed by atoms with Crippen LogP contribution in [0.3, 0.4) is 0 Å². The van der Waals surface area contributed by atoms with E-state index in [0.29, 0.717) is 11.6 Å². The van der Waals surface area contributed by atoms with Gasteiger partial charge in [-0.1, -0.05) is 23.4 Å². The summed E-state index contributed by atoms with van der Waals surface area (Å²) < 4.78 is 4.87. The number of aryl methyl sites for hydroxylation is 1. The van der Waals surface area contributed by atoms with E-state index in [2.05, 4.69) is 15.8 Å². The second kappa shape index (κ2) is 7.65. The van der Waals surface area contributed by atoms with Crippen molar-refractivity contribution in [3.63, 3.8) is 0 Å². The van der Waals surface area contributed by atoms with Crippen LogP contribution in [-0.2, 0) is 9.59 Å². The van der Waals surface area contributed by atoms with E-state index in [9.17, 15) is 9.59 Å². The van der Waals surface area contributed by atoms with Crippen LogP contribution >= 0.6 is 11.8 Å². The number of hydrogen-bond acceptors (Lipinski definition) is 5. The van der Waals surface area contributed by atoms with Crippen molar-refractivity contribution in [2.24, 2.45) is 0 Å². The maximum Gasteiger partial charge on any atom is 0.238 e. The molecule has 0 spiro atoms. The number of amides is 2. The maximum atomic E-state index is 11.9. The predicted octanol–water partition coefficient (Wildman–Crippen LogP) is 2.68. The predicted molar refractivity (Wildman–Crippen MR) is 86.9 cm³/mol. The number of carbonyl (C=O) groups is 2. The van der Waals surface area contributed by atoms with Crippen molar-refractivity contribution in [3.8, 4) is 0 Å². The highest BCUT2D eigenvalue weighted by Crippen LogP contribution is 2.15. The highest BCUT2D eigenvalue weighted by Gasteiger charge is 2.16. The van der Waals surface area contributed by atoms with Crippen molar-refractivity contribution in [3.05, 3.63) is 42.2 Å². The molecule has 2 amide bonds. The Morgan fingerprint density at radius 2 is 2.00 bits per heavy atom. The van der Waals surface area contributed by atoms with Crippen molar-refractivity contribution in [1.82, 2.24) is 5.16 Å². The lowest BCUT2D eigenvalue weighted by molar-refractivity contribution is -0.115. The zero-order chi connectivity index (χ0) is 15.9. The molecule has 0 aliphatic heterocycles. The van der Waals surface area contributed by atoms with Crippen LogP contribution in [0.5, 0.6) is 0 Å². The monoisotopic (exact) mass is 319 g/mol. The minimum absolute atomic E-state index is 0.145. The molecule has 0 unspecified atom stereocenters. The van der Waals surface area contributed by atoms with Crippen molar-refractivity contribution in [1.29, 1.82) is 0 Å². The number of rotatable bonds is 6. The molecule has 0 radical (unpaired) electrons. The molecule has 0 saturated heterocycles. The van der Waals surface area contributed by atoms with Gasteiger partial charge in [-0.15, -0.1) is 11.8 Å². The SMILES string of the molecule is Cc1cc(NC(=O)[C@@H](C)SCC(=O)Nc2ccccc2)no1. The molecule has 2 N–H and O–H groups in total. The van der Waals surface area contributed by atoms with Gasteiger partial charge in [-0.2, -0.15) is 0 Å². The van der Waals surface area contributed by atoms with Gasteiger partial charge in [0, 0.05) is 11.8 Å². The molecule has 116 valence electrons. The Labute approximate surface area is 132 Å². The molecule has 1 atom stereocenters. The topological polar surface area (TPSA) is 84.2 Å². The highest BCUT2D eigenvalue weighted by atomic mass is 32.2. The number of para-hydroxylation sites is 1. The average molecular weight is 319 g/mol. The third kappa shape index (κ3) is 4.92. The summed E-state index contributed by atoms with van der Waals surface area (Å²) in [5, 5.41) is 8.73. The number of carbonyl (C=O) groups excluding carboxylic acids is 2. The number of hydrogen-bond donors (Lipinski definition) is 2. The van der Waals surface area contributed by atoms with Crippen molar-refractivity contribution in [2.45, 2.75) is 19.1 Å². The number of benzene rings is 1. The number of aromatic nitrogens is 1. The lowest BCUT2D eigenvalue weighted by atomic mass is 10.3. The Bertz CT molecular complexity index is 642. The van der Waals surface area contributed by atoms with E-state index in [-0.39, 0.29) is 22.8 Å². The Kier molecular flexibility index (Phi) is 5.60. The molecule has 0 bridgehead atoms. The normalized spacial score (nSPS) is 11.7. The summed E-state index contributed by atoms with van der Waals surface area (Å²) in [6, 6.07) is 10.8. The van der Waals surface area contributed by atoms with Gasteiger partial charge in [0.25, 0.3) is 0 Å². The Balaban J connectivity index is 1.75. The van der Waals surface area contributed by atoms with Gasteiger partial charge in [-0.3, -0.25) is 9.59 Å². The highest BCUT2D eigenvalue weighted by molar-refractivity contribution is 8.01. The van der Waals surface area contributed by atoms with Crippen LogP contribution in [0.2, 0.25) is 0 Å². The summed E-state index contributed by atoms with van der Waals surface area (Å²) in [6.07, 6.45) is 0. The second-order valence-corrected chi connectivity index (χ2v) is 6.01. The fraction of sp³-hybridized carbons (Fsp3) is 0.267. The molecule has 2 aromatic rings. The molecule has 22 heavy (non-hydrogen) atoms. The molecular formula is C15H17N3O3S. The molecule has 6 nitrogen and oxygen atoms in total. The third-order valence-electron chi connectivity index (χ3n) is 2.77. The van der Waals surface area contributed by atoms with E-state index in [1.165, 1.54) is 11.8 Å². The Hall–Kier alpha value is -2.28. The molecule has 2 rings (SSSR count). The lowest BCUT2D eigenvalue weighted by Crippen LogP contribution is -2.25. The molecule has 1 aromatic carbocycles. The van der Waals surface area contributed by atoms with E-state index in [1.807, 2.05) is 30.3 Å². The zero-order valence-electron chi connectivity index (χ0n) is 12.3. The summed E-state index contributed by atoms with van der Waals surface area (Å²) in [5.74, 6) is 0.835. The standard InChI is InChI=1S/C15H17N3O3S/c1-10-8-13(18-21-10)17-15(20)11(2)22-9-14(19)16-12-6-4-3-5-7-12/h3-8,11H,9H2,1-2H3,(H,16,19)(H,17,18,20)/t11-/m1/s1. The molecule has 0 fully saturated rings. The molecule has 7 heteroatoms. The van der Waals surface area contributed by atoms with Crippen LogP contribution in [0.1, 0.15) is 12.7 Å². The first-order valence-electron chi connectivity index (χ1n) is 6.75. The van der Waals surface area contributed by atoms with Gasteiger partial charge in [-0.05, 0) is 26.0 Å². The number of thioether (sulfide) groups is 1. The molecule has 0 saturated carbocycles. The fourth-order valence-electron chi connectivity index (χ4n) is 1.65. The first-order chi connectivity index (χ1) is 10.5. The van der Waals surface area contributed by atoms with E-state index < -0.39 is 0 Å². The molecule has 0 aliphatic carbocycles. The quantitative estimate of drug-likeness (QED) is 0.855. The average Bonchev–Trinajstić information content (AvgIpc) is 2.91. The number of anilines is 2. The molecule has 1 aromatic heterocycles. The van der Waals surface area contributed by atoms with Crippen molar-refractivity contribution >= 4 is 35.1 Å². The Morgan fingerprint density at radius 3 is 2.64 bits per heavy atom. The maximum absolute atomic E-state index is 11.9. The van der Waals surface area contributed by atoms with E-state index in [0.717, 1.165) is 5.69 Å². The molecule has 1 heterocycles.